The Labute approximate surface area is 120 Å². The average molecular weight is 280 g/mol. The van der Waals surface area contributed by atoms with E-state index in [1.54, 1.807) is 6.07 Å². The van der Waals surface area contributed by atoms with Crippen LogP contribution in [0.5, 0.6) is 0 Å². The van der Waals surface area contributed by atoms with Crippen molar-refractivity contribution >= 4 is 0 Å². The minimum absolute atomic E-state index is 0.0573. The first kappa shape index (κ1) is 15.4. The van der Waals surface area contributed by atoms with E-state index in [9.17, 15) is 4.39 Å². The van der Waals surface area contributed by atoms with Crippen molar-refractivity contribution in [1.29, 1.82) is 0 Å². The van der Waals surface area contributed by atoms with Crippen LogP contribution in [0.3, 0.4) is 0 Å². The van der Waals surface area contributed by atoms with Gasteiger partial charge in [0, 0.05) is 25.3 Å². The predicted octanol–water partition coefficient (Wildman–Crippen LogP) is 2.63. The largest absolute Gasteiger partial charge is 0.377 e. The van der Waals surface area contributed by atoms with Gasteiger partial charge in [0.1, 0.15) is 5.82 Å². The lowest BCUT2D eigenvalue weighted by molar-refractivity contribution is -0.00702. The maximum Gasteiger partial charge on any atom is 0.128 e. The number of halogens is 1. The molecule has 1 saturated heterocycles. The molecule has 112 valence electrons. The van der Waals surface area contributed by atoms with Crippen molar-refractivity contribution in [2.75, 3.05) is 26.2 Å². The first-order chi connectivity index (χ1) is 9.65. The number of piperidine rings is 1. The molecule has 1 aliphatic heterocycles. The number of nitrogens with two attached hydrogens (primary N) is 1. The summed E-state index contributed by atoms with van der Waals surface area (Å²) >= 11 is 0. The third-order valence-electron chi connectivity index (χ3n) is 3.99. The van der Waals surface area contributed by atoms with E-state index in [0.29, 0.717) is 12.1 Å². The third kappa shape index (κ3) is 3.57. The van der Waals surface area contributed by atoms with Crippen LogP contribution < -0.4 is 5.73 Å². The Balaban J connectivity index is 2.16. The number of nitrogens with zero attached hydrogens (tertiary/aromatic N) is 1. The number of rotatable bonds is 5. The Morgan fingerprint density at radius 3 is 3.00 bits per heavy atom. The Morgan fingerprint density at radius 2 is 2.30 bits per heavy atom. The number of hydrogen-bond donors (Lipinski definition) is 1. The SMILES string of the molecule is CCOC1CCCN(C(CN)c2cc(C)ccc2F)C1. The van der Waals surface area contributed by atoms with E-state index < -0.39 is 0 Å². The van der Waals surface area contributed by atoms with Crippen molar-refractivity contribution in [2.24, 2.45) is 5.73 Å². The molecule has 0 amide bonds. The minimum Gasteiger partial charge on any atom is -0.377 e. The Morgan fingerprint density at radius 1 is 1.50 bits per heavy atom. The smallest absolute Gasteiger partial charge is 0.128 e. The molecule has 0 aromatic heterocycles. The highest BCUT2D eigenvalue weighted by molar-refractivity contribution is 5.27. The van der Waals surface area contributed by atoms with E-state index in [-0.39, 0.29) is 18.0 Å². The number of likely N-dealkylation sites (tertiary alicyclic amines) is 1. The summed E-state index contributed by atoms with van der Waals surface area (Å²) in [5.41, 5.74) is 7.71. The van der Waals surface area contributed by atoms with Gasteiger partial charge in [0.05, 0.1) is 12.1 Å². The summed E-state index contributed by atoms with van der Waals surface area (Å²) in [5.74, 6) is -0.162. The van der Waals surface area contributed by atoms with Crippen LogP contribution in [0.15, 0.2) is 18.2 Å². The molecule has 0 aliphatic carbocycles. The first-order valence-corrected chi connectivity index (χ1v) is 7.47. The Hall–Kier alpha value is -0.970. The first-order valence-electron chi connectivity index (χ1n) is 7.47. The number of ether oxygens (including phenoxy) is 1. The number of aryl methyl sites for hydroxylation is 1. The summed E-state index contributed by atoms with van der Waals surface area (Å²) in [6, 6.07) is 5.19. The van der Waals surface area contributed by atoms with Crippen LogP contribution in [-0.2, 0) is 4.74 Å². The molecular formula is C16H25FN2O. The number of hydrogen-bond acceptors (Lipinski definition) is 3. The van der Waals surface area contributed by atoms with Crippen LogP contribution >= 0.6 is 0 Å². The van der Waals surface area contributed by atoms with Crippen LogP contribution in [-0.4, -0.2) is 37.2 Å². The molecule has 0 saturated carbocycles. The molecule has 2 atom stereocenters. The van der Waals surface area contributed by atoms with Gasteiger partial charge in [-0.25, -0.2) is 4.39 Å². The molecule has 0 spiro atoms. The lowest BCUT2D eigenvalue weighted by atomic mass is 9.98. The van der Waals surface area contributed by atoms with E-state index in [2.05, 4.69) is 4.90 Å². The van der Waals surface area contributed by atoms with Gasteiger partial charge in [-0.15, -0.1) is 0 Å². The molecule has 20 heavy (non-hydrogen) atoms. The normalized spacial score (nSPS) is 21.9. The molecule has 1 aliphatic rings. The molecule has 2 unspecified atom stereocenters. The van der Waals surface area contributed by atoms with E-state index in [4.69, 9.17) is 10.5 Å². The standard InChI is InChI=1S/C16H25FN2O/c1-3-20-13-5-4-8-19(11-13)16(10-18)14-9-12(2)6-7-15(14)17/h6-7,9,13,16H,3-5,8,10-11,18H2,1-2H3. The number of benzene rings is 1. The van der Waals surface area contributed by atoms with Crippen molar-refractivity contribution in [3.8, 4) is 0 Å². The minimum atomic E-state index is -0.162. The van der Waals surface area contributed by atoms with Gasteiger partial charge >= 0.3 is 0 Å². The van der Waals surface area contributed by atoms with Crippen LogP contribution in [0.2, 0.25) is 0 Å². The van der Waals surface area contributed by atoms with Gasteiger partial charge in [-0.3, -0.25) is 4.90 Å². The highest BCUT2D eigenvalue weighted by Gasteiger charge is 2.27. The van der Waals surface area contributed by atoms with Crippen molar-refractivity contribution in [2.45, 2.75) is 38.8 Å². The van der Waals surface area contributed by atoms with Gasteiger partial charge in [-0.05, 0) is 39.3 Å². The quantitative estimate of drug-likeness (QED) is 0.901. The summed E-state index contributed by atoms with van der Waals surface area (Å²) in [5, 5.41) is 0. The van der Waals surface area contributed by atoms with Crippen molar-refractivity contribution in [3.63, 3.8) is 0 Å². The van der Waals surface area contributed by atoms with Gasteiger partial charge < -0.3 is 10.5 Å². The van der Waals surface area contributed by atoms with Gasteiger partial charge in [0.2, 0.25) is 0 Å². The molecule has 0 bridgehead atoms. The Kier molecular flexibility index (Phi) is 5.52. The van der Waals surface area contributed by atoms with Crippen LogP contribution in [0.4, 0.5) is 4.39 Å². The van der Waals surface area contributed by atoms with E-state index in [0.717, 1.165) is 38.1 Å². The maximum atomic E-state index is 14.1. The highest BCUT2D eigenvalue weighted by atomic mass is 19.1. The second-order valence-electron chi connectivity index (χ2n) is 5.49. The lowest BCUT2D eigenvalue weighted by Gasteiger charge is -2.38. The maximum absolute atomic E-state index is 14.1. The summed E-state index contributed by atoms with van der Waals surface area (Å²) in [6.07, 6.45) is 2.41. The predicted molar refractivity (Wildman–Crippen MR) is 79.2 cm³/mol. The molecule has 1 aromatic rings. The van der Waals surface area contributed by atoms with Gasteiger partial charge in [0.15, 0.2) is 0 Å². The van der Waals surface area contributed by atoms with Crippen LogP contribution in [0, 0.1) is 12.7 Å². The highest BCUT2D eigenvalue weighted by Crippen LogP contribution is 2.27. The van der Waals surface area contributed by atoms with Crippen LogP contribution in [0.1, 0.15) is 36.9 Å². The van der Waals surface area contributed by atoms with Gasteiger partial charge in [0.25, 0.3) is 0 Å². The van der Waals surface area contributed by atoms with Crippen molar-refractivity contribution in [1.82, 2.24) is 4.90 Å². The summed E-state index contributed by atoms with van der Waals surface area (Å²) in [6.45, 7) is 6.95. The molecular weight excluding hydrogens is 255 g/mol. The van der Waals surface area contributed by atoms with Crippen molar-refractivity contribution < 1.29 is 9.13 Å². The Bertz CT molecular complexity index is 436. The molecule has 1 heterocycles. The van der Waals surface area contributed by atoms with Crippen LogP contribution in [0.25, 0.3) is 0 Å². The zero-order chi connectivity index (χ0) is 14.5. The van der Waals surface area contributed by atoms with E-state index in [1.165, 1.54) is 6.07 Å². The second-order valence-corrected chi connectivity index (χ2v) is 5.49. The third-order valence-corrected chi connectivity index (χ3v) is 3.99. The summed E-state index contributed by atoms with van der Waals surface area (Å²) in [4.78, 5) is 2.27. The fourth-order valence-electron chi connectivity index (χ4n) is 3.01. The van der Waals surface area contributed by atoms with E-state index in [1.807, 2.05) is 19.9 Å². The monoisotopic (exact) mass is 280 g/mol. The summed E-state index contributed by atoms with van der Waals surface area (Å²) in [7, 11) is 0. The molecule has 2 rings (SSSR count). The molecule has 1 fully saturated rings. The summed E-state index contributed by atoms with van der Waals surface area (Å²) < 4.78 is 19.8. The topological polar surface area (TPSA) is 38.5 Å². The zero-order valence-corrected chi connectivity index (χ0v) is 12.4. The lowest BCUT2D eigenvalue weighted by Crippen LogP contribution is -2.44. The molecule has 4 heteroatoms. The molecule has 3 nitrogen and oxygen atoms in total. The van der Waals surface area contributed by atoms with Gasteiger partial charge in [-0.1, -0.05) is 17.7 Å². The second kappa shape index (κ2) is 7.16. The molecule has 1 aromatic carbocycles. The van der Waals surface area contributed by atoms with Crippen molar-refractivity contribution in [3.05, 3.63) is 35.1 Å². The van der Waals surface area contributed by atoms with E-state index >= 15 is 0 Å². The molecule has 2 N–H and O–H groups in total. The van der Waals surface area contributed by atoms with Gasteiger partial charge in [-0.2, -0.15) is 0 Å². The fourth-order valence-corrected chi connectivity index (χ4v) is 3.01. The fraction of sp³-hybridized carbons (Fsp3) is 0.625. The average Bonchev–Trinajstić information content (AvgIpc) is 2.44. The zero-order valence-electron chi connectivity index (χ0n) is 12.4. The molecule has 0 radical (unpaired) electrons.